The largest absolute Gasteiger partial charge is 0.372 e. The van der Waals surface area contributed by atoms with E-state index in [4.69, 9.17) is 5.73 Å². The molecule has 0 aliphatic rings. The zero-order chi connectivity index (χ0) is 9.35. The standard InChI is InChI=1S/C8H9BrFNO/c1-8(11,12)6-4-5(9)2-3-7(6)10/h2-4,12H,11H2,1H3/t8-/m0/s1. The van der Waals surface area contributed by atoms with Crippen molar-refractivity contribution in [3.8, 4) is 0 Å². The fourth-order valence-corrected chi connectivity index (χ4v) is 1.25. The second kappa shape index (κ2) is 3.12. The predicted molar refractivity (Wildman–Crippen MR) is 47.9 cm³/mol. The number of hydrogen-bond acceptors (Lipinski definition) is 2. The molecule has 0 spiro atoms. The molecule has 0 saturated heterocycles. The summed E-state index contributed by atoms with van der Waals surface area (Å²) in [7, 11) is 0. The van der Waals surface area contributed by atoms with Crippen molar-refractivity contribution in [1.29, 1.82) is 0 Å². The number of halogens is 2. The molecule has 0 aliphatic carbocycles. The van der Waals surface area contributed by atoms with Crippen LogP contribution in [0.15, 0.2) is 22.7 Å². The highest BCUT2D eigenvalue weighted by molar-refractivity contribution is 9.10. The van der Waals surface area contributed by atoms with Crippen molar-refractivity contribution in [1.82, 2.24) is 0 Å². The molecule has 3 N–H and O–H groups in total. The maximum atomic E-state index is 13.0. The van der Waals surface area contributed by atoms with Crippen LogP contribution in [0.2, 0.25) is 0 Å². The zero-order valence-electron chi connectivity index (χ0n) is 6.51. The number of benzene rings is 1. The topological polar surface area (TPSA) is 46.2 Å². The van der Waals surface area contributed by atoms with E-state index < -0.39 is 11.5 Å². The zero-order valence-corrected chi connectivity index (χ0v) is 8.10. The van der Waals surface area contributed by atoms with Gasteiger partial charge in [0, 0.05) is 10.0 Å². The summed E-state index contributed by atoms with van der Waals surface area (Å²) in [4.78, 5) is 0. The molecule has 66 valence electrons. The van der Waals surface area contributed by atoms with Crippen LogP contribution in [0, 0.1) is 5.82 Å². The molecular formula is C8H9BrFNO. The van der Waals surface area contributed by atoms with Crippen LogP contribution in [0.1, 0.15) is 12.5 Å². The van der Waals surface area contributed by atoms with Gasteiger partial charge in [0.25, 0.3) is 0 Å². The van der Waals surface area contributed by atoms with Crippen LogP contribution in [0.25, 0.3) is 0 Å². The molecule has 1 aromatic carbocycles. The normalized spacial score (nSPS) is 15.8. The molecule has 1 atom stereocenters. The molecule has 4 heteroatoms. The smallest absolute Gasteiger partial charge is 0.139 e. The van der Waals surface area contributed by atoms with Crippen LogP contribution < -0.4 is 5.73 Å². The lowest BCUT2D eigenvalue weighted by Gasteiger charge is -2.18. The summed E-state index contributed by atoms with van der Waals surface area (Å²) < 4.78 is 13.7. The lowest BCUT2D eigenvalue weighted by Crippen LogP contribution is -2.33. The average molecular weight is 234 g/mol. The molecule has 0 amide bonds. The molecule has 12 heavy (non-hydrogen) atoms. The van der Waals surface area contributed by atoms with Gasteiger partial charge in [-0.15, -0.1) is 0 Å². The van der Waals surface area contributed by atoms with Gasteiger partial charge in [0.05, 0.1) is 0 Å². The van der Waals surface area contributed by atoms with Crippen LogP contribution in [-0.2, 0) is 5.72 Å². The number of nitrogens with two attached hydrogens (primary N) is 1. The molecule has 2 nitrogen and oxygen atoms in total. The summed E-state index contributed by atoms with van der Waals surface area (Å²) in [5.74, 6) is -0.509. The van der Waals surface area contributed by atoms with Crippen molar-refractivity contribution < 1.29 is 9.50 Å². The van der Waals surface area contributed by atoms with E-state index in [2.05, 4.69) is 15.9 Å². The van der Waals surface area contributed by atoms with Gasteiger partial charge in [0.15, 0.2) is 0 Å². The van der Waals surface area contributed by atoms with Gasteiger partial charge in [-0.3, -0.25) is 5.73 Å². The minimum Gasteiger partial charge on any atom is -0.372 e. The second-order valence-electron chi connectivity index (χ2n) is 2.77. The van der Waals surface area contributed by atoms with Crippen LogP contribution in [-0.4, -0.2) is 5.11 Å². The second-order valence-corrected chi connectivity index (χ2v) is 3.69. The molecule has 0 aliphatic heterocycles. The first-order chi connectivity index (χ1) is 5.41. The van der Waals surface area contributed by atoms with Crippen molar-refractivity contribution in [3.63, 3.8) is 0 Å². The van der Waals surface area contributed by atoms with Gasteiger partial charge >= 0.3 is 0 Å². The van der Waals surface area contributed by atoms with Crippen LogP contribution in [0.3, 0.4) is 0 Å². The first kappa shape index (κ1) is 9.64. The molecule has 0 fully saturated rings. The highest BCUT2D eigenvalue weighted by atomic mass is 79.9. The van der Waals surface area contributed by atoms with Gasteiger partial charge < -0.3 is 5.11 Å². The van der Waals surface area contributed by atoms with Gasteiger partial charge in [0.1, 0.15) is 11.5 Å². The highest BCUT2D eigenvalue weighted by Gasteiger charge is 2.20. The van der Waals surface area contributed by atoms with E-state index >= 15 is 0 Å². The molecular weight excluding hydrogens is 225 g/mol. The van der Waals surface area contributed by atoms with Gasteiger partial charge in [0.2, 0.25) is 0 Å². The monoisotopic (exact) mass is 233 g/mol. The summed E-state index contributed by atoms with van der Waals surface area (Å²) >= 11 is 3.16. The van der Waals surface area contributed by atoms with Crippen molar-refractivity contribution >= 4 is 15.9 Å². The minimum atomic E-state index is -1.63. The predicted octanol–water partition coefficient (Wildman–Crippen LogP) is 1.71. The van der Waals surface area contributed by atoms with Gasteiger partial charge in [-0.1, -0.05) is 15.9 Å². The fourth-order valence-electron chi connectivity index (χ4n) is 0.885. The maximum absolute atomic E-state index is 13.0. The molecule has 0 unspecified atom stereocenters. The average Bonchev–Trinajstić information content (AvgIpc) is 1.92. The Balaban J connectivity index is 3.23. The summed E-state index contributed by atoms with van der Waals surface area (Å²) in [5, 5.41) is 9.31. The van der Waals surface area contributed by atoms with E-state index in [-0.39, 0.29) is 5.56 Å². The molecule has 1 aromatic rings. The number of hydrogen-bond donors (Lipinski definition) is 2. The van der Waals surface area contributed by atoms with E-state index in [1.165, 1.54) is 19.1 Å². The Labute approximate surface area is 78.3 Å². The first-order valence-corrected chi connectivity index (χ1v) is 4.17. The molecule has 0 saturated carbocycles. The van der Waals surface area contributed by atoms with E-state index in [0.29, 0.717) is 4.47 Å². The van der Waals surface area contributed by atoms with E-state index in [0.717, 1.165) is 0 Å². The Morgan fingerprint density at radius 3 is 2.58 bits per heavy atom. The van der Waals surface area contributed by atoms with Gasteiger partial charge in [-0.25, -0.2) is 4.39 Å². The van der Waals surface area contributed by atoms with Gasteiger partial charge in [-0.2, -0.15) is 0 Å². The molecule has 0 radical (unpaired) electrons. The van der Waals surface area contributed by atoms with E-state index in [1.54, 1.807) is 6.07 Å². The Kier molecular flexibility index (Phi) is 2.51. The lowest BCUT2D eigenvalue weighted by molar-refractivity contribution is 0.0607. The molecule has 0 aromatic heterocycles. The molecule has 0 heterocycles. The number of aliphatic hydroxyl groups is 1. The third-order valence-corrected chi connectivity index (χ3v) is 1.97. The van der Waals surface area contributed by atoms with E-state index in [1.807, 2.05) is 0 Å². The third-order valence-electron chi connectivity index (χ3n) is 1.47. The van der Waals surface area contributed by atoms with Crippen molar-refractivity contribution in [2.24, 2.45) is 5.73 Å². The fraction of sp³-hybridized carbons (Fsp3) is 0.250. The summed E-state index contributed by atoms with van der Waals surface area (Å²) in [6.45, 7) is 1.33. The van der Waals surface area contributed by atoms with Crippen LogP contribution >= 0.6 is 15.9 Å². The SMILES string of the molecule is C[C@](N)(O)c1cc(Br)ccc1F. The number of rotatable bonds is 1. The first-order valence-electron chi connectivity index (χ1n) is 3.38. The maximum Gasteiger partial charge on any atom is 0.139 e. The summed E-state index contributed by atoms with van der Waals surface area (Å²) in [6, 6.07) is 4.25. The van der Waals surface area contributed by atoms with Gasteiger partial charge in [-0.05, 0) is 25.1 Å². The Morgan fingerprint density at radius 1 is 1.58 bits per heavy atom. The molecule has 0 bridgehead atoms. The summed E-state index contributed by atoms with van der Waals surface area (Å²) in [6.07, 6.45) is 0. The Bertz CT molecular complexity index is 296. The van der Waals surface area contributed by atoms with Crippen LogP contribution in [0.5, 0.6) is 0 Å². The van der Waals surface area contributed by atoms with Crippen molar-refractivity contribution in [2.45, 2.75) is 12.6 Å². The van der Waals surface area contributed by atoms with Crippen LogP contribution in [0.4, 0.5) is 4.39 Å². The molecule has 1 rings (SSSR count). The van der Waals surface area contributed by atoms with Crippen molar-refractivity contribution in [2.75, 3.05) is 0 Å². The van der Waals surface area contributed by atoms with Crippen molar-refractivity contribution in [3.05, 3.63) is 34.1 Å². The minimum absolute atomic E-state index is 0.0804. The quantitative estimate of drug-likeness (QED) is 0.726. The Hall–Kier alpha value is -0.450. The Morgan fingerprint density at radius 2 is 2.17 bits per heavy atom. The lowest BCUT2D eigenvalue weighted by atomic mass is 10.1. The summed E-state index contributed by atoms with van der Waals surface area (Å²) in [5.41, 5.74) is 3.77. The van der Waals surface area contributed by atoms with E-state index in [9.17, 15) is 9.50 Å². The highest BCUT2D eigenvalue weighted by Crippen LogP contribution is 2.22. The third kappa shape index (κ3) is 2.03.